The number of hydrogen-bond donors (Lipinski definition) is 4. The van der Waals surface area contributed by atoms with E-state index in [2.05, 4.69) is 26.1 Å². The fourth-order valence-corrected chi connectivity index (χ4v) is 3.04. The summed E-state index contributed by atoms with van der Waals surface area (Å²) in [6, 6.07) is 0. The van der Waals surface area contributed by atoms with Crippen LogP contribution in [0.4, 0.5) is 5.82 Å². The molecule has 0 aliphatic carbocycles. The predicted molar refractivity (Wildman–Crippen MR) is 72.6 cm³/mol. The van der Waals surface area contributed by atoms with Crippen molar-refractivity contribution in [1.29, 1.82) is 0 Å². The average molecular weight is 345 g/mol. The van der Waals surface area contributed by atoms with Crippen molar-refractivity contribution in [2.24, 2.45) is 0 Å². The summed E-state index contributed by atoms with van der Waals surface area (Å²) in [5, 5.41) is 37.2. The second-order valence-corrected chi connectivity index (χ2v) is 5.46. The second-order valence-electron chi connectivity index (χ2n) is 4.60. The minimum absolute atomic E-state index is 0.250. The fraction of sp³-hybridized carbons (Fsp3) is 0.455. The lowest BCUT2D eigenvalue weighted by Crippen LogP contribution is -2.33. The zero-order valence-electron chi connectivity index (χ0n) is 10.2. The van der Waals surface area contributed by atoms with Crippen LogP contribution >= 0.6 is 15.9 Å². The lowest BCUT2D eigenvalue weighted by Gasteiger charge is -2.17. The molecule has 0 saturated carbocycles. The van der Waals surface area contributed by atoms with Crippen molar-refractivity contribution < 1.29 is 20.1 Å². The molecule has 3 heterocycles. The molecule has 1 unspecified atom stereocenters. The third-order valence-electron chi connectivity index (χ3n) is 3.42. The van der Waals surface area contributed by atoms with Gasteiger partial charge < -0.3 is 30.4 Å². The predicted octanol–water partition coefficient (Wildman–Crippen LogP) is -0.613. The molecule has 0 amide bonds. The Bertz CT molecular complexity index is 649. The Morgan fingerprint density at radius 1 is 1.40 bits per heavy atom. The number of aliphatic hydroxyl groups is 3. The zero-order valence-corrected chi connectivity index (χ0v) is 11.8. The maximum absolute atomic E-state index is 10.1. The number of rotatable bonds is 2. The number of hydrogen-bond acceptors (Lipinski definition) is 7. The molecule has 1 fully saturated rings. The summed E-state index contributed by atoms with van der Waals surface area (Å²) in [5.41, 5.74) is 6.39. The zero-order chi connectivity index (χ0) is 14.4. The molecule has 0 radical (unpaired) electrons. The van der Waals surface area contributed by atoms with E-state index in [9.17, 15) is 10.2 Å². The molecule has 0 aromatic carbocycles. The Balaban J connectivity index is 2.10. The summed E-state index contributed by atoms with van der Waals surface area (Å²) < 4.78 is 7.77. The van der Waals surface area contributed by atoms with Gasteiger partial charge in [0, 0.05) is 10.7 Å². The SMILES string of the molecule is Nc1nncc2c1c(Br)cn2C1O[C@H](CO)[C@@H](O)[C@H]1O. The number of halogens is 1. The number of nitrogen functional groups attached to an aromatic ring is 1. The third-order valence-corrected chi connectivity index (χ3v) is 4.02. The van der Waals surface area contributed by atoms with Gasteiger partial charge in [-0.3, -0.25) is 0 Å². The standard InChI is InChI=1S/C11H13BrN4O4/c12-4-2-16(5-1-14-15-10(13)7(4)5)11-9(19)8(18)6(3-17)20-11/h1-2,6,8-9,11,17-19H,3H2,(H2,13,15)/t6-,8-,9-,11?/m1/s1. The molecule has 2 aromatic heterocycles. The largest absolute Gasteiger partial charge is 0.394 e. The number of aliphatic hydroxyl groups excluding tert-OH is 3. The van der Waals surface area contributed by atoms with E-state index < -0.39 is 24.5 Å². The number of nitrogens with two attached hydrogens (primary N) is 1. The summed E-state index contributed by atoms with van der Waals surface area (Å²) in [5.74, 6) is 0.250. The van der Waals surface area contributed by atoms with E-state index >= 15 is 0 Å². The molecule has 4 atom stereocenters. The summed E-state index contributed by atoms with van der Waals surface area (Å²) in [7, 11) is 0. The fourth-order valence-electron chi connectivity index (χ4n) is 2.41. The van der Waals surface area contributed by atoms with Crippen molar-refractivity contribution in [3.8, 4) is 0 Å². The van der Waals surface area contributed by atoms with Gasteiger partial charge in [-0.1, -0.05) is 0 Å². The number of ether oxygens (including phenoxy) is 1. The van der Waals surface area contributed by atoms with Gasteiger partial charge >= 0.3 is 0 Å². The van der Waals surface area contributed by atoms with Crippen molar-refractivity contribution >= 4 is 32.7 Å². The monoisotopic (exact) mass is 344 g/mol. The van der Waals surface area contributed by atoms with E-state index in [1.54, 1.807) is 10.8 Å². The normalized spacial score (nSPS) is 30.2. The highest BCUT2D eigenvalue weighted by atomic mass is 79.9. The van der Waals surface area contributed by atoms with Crippen LogP contribution in [0.25, 0.3) is 10.9 Å². The van der Waals surface area contributed by atoms with Crippen molar-refractivity contribution in [1.82, 2.24) is 14.8 Å². The molecule has 8 nitrogen and oxygen atoms in total. The number of anilines is 1. The molecule has 2 aromatic rings. The van der Waals surface area contributed by atoms with Crippen LogP contribution in [0, 0.1) is 0 Å². The van der Waals surface area contributed by atoms with Gasteiger partial charge in [0.2, 0.25) is 0 Å². The van der Waals surface area contributed by atoms with Crippen molar-refractivity contribution in [2.75, 3.05) is 12.3 Å². The molecule has 0 spiro atoms. The lowest BCUT2D eigenvalue weighted by molar-refractivity contribution is -0.0506. The van der Waals surface area contributed by atoms with Gasteiger partial charge in [-0.15, -0.1) is 5.10 Å². The Labute approximate surface area is 121 Å². The van der Waals surface area contributed by atoms with Gasteiger partial charge in [-0.05, 0) is 15.9 Å². The molecule has 9 heteroatoms. The lowest BCUT2D eigenvalue weighted by atomic mass is 10.1. The van der Waals surface area contributed by atoms with E-state index in [1.807, 2.05) is 0 Å². The van der Waals surface area contributed by atoms with Gasteiger partial charge in [0.1, 0.15) is 18.3 Å². The number of fused-ring (bicyclic) bond motifs is 1. The Hall–Kier alpha value is -1.26. The maximum atomic E-state index is 10.1. The molecular formula is C11H13BrN4O4. The maximum Gasteiger partial charge on any atom is 0.163 e. The number of nitrogens with zero attached hydrogens (tertiary/aromatic N) is 3. The first-order valence-corrected chi connectivity index (χ1v) is 6.73. The highest BCUT2D eigenvalue weighted by Crippen LogP contribution is 2.36. The Morgan fingerprint density at radius 2 is 2.15 bits per heavy atom. The van der Waals surface area contributed by atoms with E-state index in [0.29, 0.717) is 15.4 Å². The van der Waals surface area contributed by atoms with Crippen molar-refractivity contribution in [3.63, 3.8) is 0 Å². The van der Waals surface area contributed by atoms with E-state index in [0.717, 1.165) is 0 Å². The molecule has 0 bridgehead atoms. The topological polar surface area (TPSA) is 127 Å². The molecule has 108 valence electrons. The minimum Gasteiger partial charge on any atom is -0.394 e. The van der Waals surface area contributed by atoms with Gasteiger partial charge in [0.25, 0.3) is 0 Å². The van der Waals surface area contributed by atoms with Gasteiger partial charge in [0.15, 0.2) is 12.0 Å². The van der Waals surface area contributed by atoms with Crippen molar-refractivity contribution in [3.05, 3.63) is 16.9 Å². The quantitative estimate of drug-likeness (QED) is 0.572. The van der Waals surface area contributed by atoms with E-state index in [1.165, 1.54) is 6.20 Å². The summed E-state index contributed by atoms with van der Waals surface area (Å²) >= 11 is 3.37. The first-order valence-electron chi connectivity index (χ1n) is 5.94. The number of aromatic nitrogens is 3. The van der Waals surface area contributed by atoms with E-state index in [4.69, 9.17) is 15.6 Å². The molecule has 1 aliphatic rings. The van der Waals surface area contributed by atoms with Gasteiger partial charge in [-0.25, -0.2) is 0 Å². The molecule has 1 saturated heterocycles. The van der Waals surface area contributed by atoms with Crippen LogP contribution in [-0.4, -0.2) is 55.0 Å². The van der Waals surface area contributed by atoms with Crippen LogP contribution in [0.3, 0.4) is 0 Å². The highest BCUT2D eigenvalue weighted by Gasteiger charge is 2.43. The first-order chi connectivity index (χ1) is 9.54. The van der Waals surface area contributed by atoms with Crippen LogP contribution in [0.15, 0.2) is 16.9 Å². The van der Waals surface area contributed by atoms with Crippen LogP contribution < -0.4 is 5.73 Å². The minimum atomic E-state index is -1.16. The average Bonchev–Trinajstić information content (AvgIpc) is 2.90. The summed E-state index contributed by atoms with van der Waals surface area (Å²) in [6.07, 6.45) is -0.828. The van der Waals surface area contributed by atoms with Crippen LogP contribution in [0.5, 0.6) is 0 Å². The Morgan fingerprint density at radius 3 is 2.80 bits per heavy atom. The summed E-state index contributed by atoms with van der Waals surface area (Å²) in [4.78, 5) is 0. The Kier molecular flexibility index (Phi) is 3.38. The van der Waals surface area contributed by atoms with Crippen molar-refractivity contribution in [2.45, 2.75) is 24.5 Å². The molecule has 5 N–H and O–H groups in total. The first kappa shape index (κ1) is 13.7. The smallest absolute Gasteiger partial charge is 0.163 e. The molecule has 20 heavy (non-hydrogen) atoms. The molecule has 3 rings (SSSR count). The summed E-state index contributed by atoms with van der Waals surface area (Å²) in [6.45, 7) is -0.378. The third kappa shape index (κ3) is 1.90. The van der Waals surface area contributed by atoms with Gasteiger partial charge in [0.05, 0.1) is 23.7 Å². The van der Waals surface area contributed by atoms with Crippen LogP contribution in [0.2, 0.25) is 0 Å². The van der Waals surface area contributed by atoms with E-state index in [-0.39, 0.29) is 12.4 Å². The van der Waals surface area contributed by atoms with Crippen LogP contribution in [-0.2, 0) is 4.74 Å². The van der Waals surface area contributed by atoms with Crippen LogP contribution in [0.1, 0.15) is 6.23 Å². The van der Waals surface area contributed by atoms with Gasteiger partial charge in [-0.2, -0.15) is 5.10 Å². The molecular weight excluding hydrogens is 332 g/mol. The highest BCUT2D eigenvalue weighted by molar-refractivity contribution is 9.10. The molecule has 1 aliphatic heterocycles. The second kappa shape index (κ2) is 4.93.